The van der Waals surface area contributed by atoms with Crippen LogP contribution in [0.25, 0.3) is 0 Å². The van der Waals surface area contributed by atoms with Crippen LogP contribution in [0.15, 0.2) is 64.3 Å². The molecule has 0 aliphatic rings. The number of carboxylic acids is 1. The van der Waals surface area contributed by atoms with E-state index >= 15 is 0 Å². The Morgan fingerprint density at radius 1 is 0.737 bits per heavy atom. The largest absolute Gasteiger partial charge is 0.475 e. The molecule has 0 saturated carbocycles. The van der Waals surface area contributed by atoms with E-state index in [2.05, 4.69) is 0 Å². The maximum Gasteiger partial charge on any atom is 0.416 e. The smallest absolute Gasteiger partial charge is 0.416 e. The Bertz CT molecular complexity index is 1500. The Hall–Kier alpha value is -4.49. The van der Waals surface area contributed by atoms with Gasteiger partial charge in [0.1, 0.15) is 0 Å². The molecular weight excluding hydrogens is 526 g/mol. The zero-order valence-corrected chi connectivity index (χ0v) is 19.0. The van der Waals surface area contributed by atoms with Crippen LogP contribution in [0.3, 0.4) is 0 Å². The predicted octanol–water partition coefficient (Wildman–Crippen LogP) is 3.37. The Balaban J connectivity index is 2.07. The summed E-state index contributed by atoms with van der Waals surface area (Å²) < 4.78 is 78.4. The van der Waals surface area contributed by atoms with Gasteiger partial charge in [0.15, 0.2) is 5.78 Å². The minimum absolute atomic E-state index is 0.0597. The molecule has 0 radical (unpaired) electrons. The van der Waals surface area contributed by atoms with E-state index in [1.807, 2.05) is 0 Å². The fourth-order valence-electron chi connectivity index (χ4n) is 3.39. The van der Waals surface area contributed by atoms with Crippen LogP contribution in [0.1, 0.15) is 39.0 Å². The summed E-state index contributed by atoms with van der Waals surface area (Å²) in [4.78, 5) is 60.9. The molecule has 0 amide bonds. The van der Waals surface area contributed by atoms with Crippen molar-refractivity contribution in [3.05, 3.63) is 103 Å². The molecule has 0 atom stereocenters. The molecule has 3 rings (SSSR count). The van der Waals surface area contributed by atoms with E-state index in [4.69, 9.17) is 5.11 Å². The first-order chi connectivity index (χ1) is 17.6. The second-order valence-electron chi connectivity index (χ2n) is 8.06. The number of aromatic nitrogens is 2. The number of nitrogens with zero attached hydrogens (tertiary/aromatic N) is 2. The maximum atomic E-state index is 13.0. The van der Waals surface area contributed by atoms with E-state index in [0.29, 0.717) is 16.7 Å². The number of hydrogen-bond donors (Lipinski definition) is 1. The lowest BCUT2D eigenvalue weighted by Crippen LogP contribution is -2.43. The molecular formula is C24H16F6N2O6. The highest BCUT2D eigenvalue weighted by Gasteiger charge is 2.31. The number of carboxylic acid groups (broad SMARTS) is 1. The van der Waals surface area contributed by atoms with Crippen molar-refractivity contribution in [3.63, 3.8) is 0 Å². The van der Waals surface area contributed by atoms with Gasteiger partial charge in [-0.1, -0.05) is 24.3 Å². The Morgan fingerprint density at radius 2 is 1.18 bits per heavy atom. The number of hydrogen-bond acceptors (Lipinski definition) is 5. The summed E-state index contributed by atoms with van der Waals surface area (Å²) in [5.41, 5.74) is -4.81. The fraction of sp³-hybridized carbons (Fsp3) is 0.208. The number of Topliss-reactive ketones (excluding diaryl/α,β-unsaturated/α-hetero) is 2. The predicted molar refractivity (Wildman–Crippen MR) is 118 cm³/mol. The first kappa shape index (κ1) is 28.1. The van der Waals surface area contributed by atoms with Crippen LogP contribution in [0.2, 0.25) is 0 Å². The third-order valence-corrected chi connectivity index (χ3v) is 5.35. The van der Waals surface area contributed by atoms with Gasteiger partial charge in [0.05, 0.1) is 36.2 Å². The highest BCUT2D eigenvalue weighted by Crippen LogP contribution is 2.30. The van der Waals surface area contributed by atoms with Gasteiger partial charge in [0.2, 0.25) is 5.78 Å². The number of benzene rings is 2. The molecule has 0 spiro atoms. The van der Waals surface area contributed by atoms with Crippen molar-refractivity contribution in [3.8, 4) is 0 Å². The minimum Gasteiger partial charge on any atom is -0.475 e. The molecule has 3 aromatic rings. The van der Waals surface area contributed by atoms with Crippen molar-refractivity contribution in [2.45, 2.75) is 31.9 Å². The number of rotatable bonds is 8. The van der Waals surface area contributed by atoms with Crippen molar-refractivity contribution in [2.24, 2.45) is 0 Å². The fourth-order valence-corrected chi connectivity index (χ4v) is 3.39. The molecule has 0 aliphatic carbocycles. The molecule has 200 valence electrons. The van der Waals surface area contributed by atoms with Gasteiger partial charge < -0.3 is 5.11 Å². The standard InChI is InChI=1S/C24H16F6N2O6/c25-23(26,27)15-5-1-13(2-6-15)10-31-12-17(18(33)9-19(34)21(36)37)20(35)32(22(31)38)11-14-3-7-16(8-4-14)24(28,29)30/h1-8,12H,9-11H2,(H,36,37). The lowest BCUT2D eigenvalue weighted by molar-refractivity contribution is -0.148. The number of ketones is 2. The molecule has 38 heavy (non-hydrogen) atoms. The Labute approximate surface area is 208 Å². The van der Waals surface area contributed by atoms with Crippen LogP contribution in [-0.4, -0.2) is 31.8 Å². The summed E-state index contributed by atoms with van der Waals surface area (Å²) in [5, 5.41) is 8.75. The van der Waals surface area contributed by atoms with E-state index in [0.717, 1.165) is 47.2 Å². The molecule has 0 bridgehead atoms. The van der Waals surface area contributed by atoms with Gasteiger partial charge in [-0.3, -0.25) is 23.5 Å². The summed E-state index contributed by atoms with van der Waals surface area (Å²) in [5.74, 6) is -4.73. The molecule has 0 unspecified atom stereocenters. The van der Waals surface area contributed by atoms with E-state index in [-0.39, 0.29) is 11.1 Å². The van der Waals surface area contributed by atoms with Crippen molar-refractivity contribution < 1.29 is 45.8 Å². The monoisotopic (exact) mass is 542 g/mol. The summed E-state index contributed by atoms with van der Waals surface area (Å²) in [6.07, 6.45) is -9.74. The lowest BCUT2D eigenvalue weighted by Gasteiger charge is -2.14. The van der Waals surface area contributed by atoms with Crippen LogP contribution in [-0.2, 0) is 35.0 Å². The van der Waals surface area contributed by atoms with Crippen molar-refractivity contribution in [1.82, 2.24) is 9.13 Å². The molecule has 0 saturated heterocycles. The molecule has 1 N–H and O–H groups in total. The van der Waals surface area contributed by atoms with Gasteiger partial charge in [0, 0.05) is 6.20 Å². The van der Waals surface area contributed by atoms with Crippen LogP contribution < -0.4 is 11.2 Å². The Kier molecular flexibility index (Phi) is 7.74. The third-order valence-electron chi connectivity index (χ3n) is 5.35. The van der Waals surface area contributed by atoms with E-state index < -0.39 is 77.3 Å². The van der Waals surface area contributed by atoms with Crippen molar-refractivity contribution in [1.29, 1.82) is 0 Å². The van der Waals surface area contributed by atoms with Gasteiger partial charge in [-0.05, 0) is 35.4 Å². The second-order valence-corrected chi connectivity index (χ2v) is 8.06. The van der Waals surface area contributed by atoms with Crippen LogP contribution in [0, 0.1) is 0 Å². The van der Waals surface area contributed by atoms with Crippen LogP contribution in [0.5, 0.6) is 0 Å². The lowest BCUT2D eigenvalue weighted by atomic mass is 10.1. The molecule has 0 aliphatic heterocycles. The number of carbonyl (C=O) groups excluding carboxylic acids is 2. The quantitative estimate of drug-likeness (QED) is 0.202. The zero-order chi connectivity index (χ0) is 28.4. The van der Waals surface area contributed by atoms with Crippen LogP contribution >= 0.6 is 0 Å². The summed E-state index contributed by atoms with van der Waals surface area (Å²) in [7, 11) is 0. The van der Waals surface area contributed by atoms with E-state index in [1.54, 1.807) is 0 Å². The Morgan fingerprint density at radius 3 is 1.61 bits per heavy atom. The van der Waals surface area contributed by atoms with Gasteiger partial charge in [-0.15, -0.1) is 0 Å². The highest BCUT2D eigenvalue weighted by molar-refractivity contribution is 6.37. The number of halogens is 6. The number of carbonyl (C=O) groups is 3. The van der Waals surface area contributed by atoms with E-state index in [1.165, 1.54) is 0 Å². The number of alkyl halides is 6. The molecule has 1 aromatic heterocycles. The van der Waals surface area contributed by atoms with Crippen molar-refractivity contribution >= 4 is 17.5 Å². The number of aliphatic carboxylic acids is 1. The first-order valence-electron chi connectivity index (χ1n) is 10.5. The zero-order valence-electron chi connectivity index (χ0n) is 19.0. The SMILES string of the molecule is O=C(O)C(=O)CC(=O)c1cn(Cc2ccc(C(F)(F)F)cc2)c(=O)n(Cc2ccc(C(F)(F)F)cc2)c1=O. The summed E-state index contributed by atoms with van der Waals surface area (Å²) in [6, 6.07) is 7.01. The minimum atomic E-state index is -4.65. The van der Waals surface area contributed by atoms with Gasteiger partial charge in [0.25, 0.3) is 5.56 Å². The molecule has 0 fully saturated rings. The van der Waals surface area contributed by atoms with Gasteiger partial charge >= 0.3 is 24.0 Å². The summed E-state index contributed by atoms with van der Waals surface area (Å²) >= 11 is 0. The molecule has 14 heteroatoms. The highest BCUT2D eigenvalue weighted by atomic mass is 19.4. The normalized spacial score (nSPS) is 11.8. The van der Waals surface area contributed by atoms with Crippen LogP contribution in [0.4, 0.5) is 26.3 Å². The van der Waals surface area contributed by atoms with E-state index in [9.17, 15) is 50.3 Å². The topological polar surface area (TPSA) is 115 Å². The van der Waals surface area contributed by atoms with Gasteiger partial charge in [-0.2, -0.15) is 26.3 Å². The first-order valence-corrected chi connectivity index (χ1v) is 10.5. The average molecular weight is 542 g/mol. The third kappa shape index (κ3) is 6.44. The molecule has 1 heterocycles. The maximum absolute atomic E-state index is 13.0. The summed E-state index contributed by atoms with van der Waals surface area (Å²) in [6.45, 7) is -1.03. The van der Waals surface area contributed by atoms with Crippen molar-refractivity contribution in [2.75, 3.05) is 0 Å². The van der Waals surface area contributed by atoms with Gasteiger partial charge in [-0.25, -0.2) is 9.59 Å². The average Bonchev–Trinajstić information content (AvgIpc) is 2.82. The molecule has 2 aromatic carbocycles. The second kappa shape index (κ2) is 10.5. The molecule has 8 nitrogen and oxygen atoms in total.